The SMILES string of the molecule is CC(=NC(C)(C)C)[N]([Ga])CC(F)(F)F. The average Bonchev–Trinajstić information content (AvgIpc) is 1.78. The van der Waals surface area contributed by atoms with Gasteiger partial charge < -0.3 is 0 Å². The molecule has 0 bridgehead atoms. The summed E-state index contributed by atoms with van der Waals surface area (Å²) < 4.78 is 37.2. The van der Waals surface area contributed by atoms with E-state index in [1.165, 1.54) is 0 Å². The van der Waals surface area contributed by atoms with E-state index in [-0.39, 0.29) is 5.54 Å². The molecular formula is C8H14F3GaN2. The van der Waals surface area contributed by atoms with Gasteiger partial charge in [-0.1, -0.05) is 0 Å². The molecular weight excluding hydrogens is 251 g/mol. The van der Waals surface area contributed by atoms with E-state index in [1.807, 2.05) is 20.8 Å². The van der Waals surface area contributed by atoms with Crippen molar-refractivity contribution in [1.82, 2.24) is 3.61 Å². The summed E-state index contributed by atoms with van der Waals surface area (Å²) in [6.07, 6.45) is -4.16. The first-order chi connectivity index (χ1) is 6.01. The molecule has 6 heteroatoms. The number of alkyl halides is 3. The molecule has 0 aromatic heterocycles. The zero-order chi connectivity index (χ0) is 11.6. The van der Waals surface area contributed by atoms with Crippen molar-refractivity contribution in [1.29, 1.82) is 0 Å². The van der Waals surface area contributed by atoms with E-state index in [4.69, 9.17) is 0 Å². The van der Waals surface area contributed by atoms with Gasteiger partial charge in [0.1, 0.15) is 0 Å². The van der Waals surface area contributed by atoms with Crippen LogP contribution in [0.4, 0.5) is 13.2 Å². The molecule has 0 rings (SSSR count). The summed E-state index contributed by atoms with van der Waals surface area (Å²) >= 11 is 0.911. The van der Waals surface area contributed by atoms with Gasteiger partial charge in [-0.2, -0.15) is 0 Å². The van der Waals surface area contributed by atoms with Crippen molar-refractivity contribution >= 4 is 24.7 Å². The number of hydrogen-bond donors (Lipinski definition) is 0. The molecule has 0 spiro atoms. The molecule has 0 saturated heterocycles. The first kappa shape index (κ1) is 13.9. The van der Waals surface area contributed by atoms with Gasteiger partial charge in [0.25, 0.3) is 0 Å². The maximum atomic E-state index is 12.0. The molecule has 0 aliphatic carbocycles. The summed E-state index contributed by atoms with van der Waals surface area (Å²) in [5, 5.41) is 0. The quantitative estimate of drug-likeness (QED) is 0.403. The van der Waals surface area contributed by atoms with Crippen LogP contribution in [0.2, 0.25) is 0 Å². The molecule has 0 aliphatic heterocycles. The van der Waals surface area contributed by atoms with Gasteiger partial charge in [0.05, 0.1) is 0 Å². The summed E-state index contributed by atoms with van der Waals surface area (Å²) in [4.78, 5) is 4.15. The Balaban J connectivity index is 4.41. The minimum absolute atomic E-state index is 0.333. The summed E-state index contributed by atoms with van der Waals surface area (Å²) in [7, 11) is 0. The number of hydrogen-bond acceptors (Lipinski definition) is 1. The van der Waals surface area contributed by atoms with Crippen LogP contribution in [0.1, 0.15) is 27.7 Å². The van der Waals surface area contributed by atoms with Crippen LogP contribution >= 0.6 is 0 Å². The van der Waals surface area contributed by atoms with Gasteiger partial charge in [-0.3, -0.25) is 0 Å². The Morgan fingerprint density at radius 1 is 1.29 bits per heavy atom. The second kappa shape index (κ2) is 4.61. The maximum absolute atomic E-state index is 12.0. The molecule has 0 unspecified atom stereocenters. The molecule has 0 fully saturated rings. The van der Waals surface area contributed by atoms with Gasteiger partial charge in [-0.25, -0.2) is 0 Å². The molecule has 2 nitrogen and oxygen atoms in total. The van der Waals surface area contributed by atoms with E-state index >= 15 is 0 Å². The van der Waals surface area contributed by atoms with Crippen molar-refractivity contribution in [3.63, 3.8) is 0 Å². The molecule has 0 amide bonds. The van der Waals surface area contributed by atoms with E-state index in [1.54, 1.807) is 6.92 Å². The van der Waals surface area contributed by atoms with Crippen LogP contribution < -0.4 is 0 Å². The van der Waals surface area contributed by atoms with Crippen LogP contribution in [0.25, 0.3) is 0 Å². The van der Waals surface area contributed by atoms with Gasteiger partial charge >= 0.3 is 92.4 Å². The third kappa shape index (κ3) is 7.31. The van der Waals surface area contributed by atoms with Crippen molar-refractivity contribution < 1.29 is 13.2 Å². The fraction of sp³-hybridized carbons (Fsp3) is 0.875. The Morgan fingerprint density at radius 3 is 2.00 bits per heavy atom. The monoisotopic (exact) mass is 264 g/mol. The molecule has 0 atom stereocenters. The molecule has 2 radical (unpaired) electrons. The van der Waals surface area contributed by atoms with Crippen LogP contribution in [-0.2, 0) is 0 Å². The predicted molar refractivity (Wildman–Crippen MR) is 51.4 cm³/mol. The van der Waals surface area contributed by atoms with Crippen LogP contribution in [-0.4, -0.2) is 46.5 Å². The third-order valence-corrected chi connectivity index (χ3v) is 2.43. The summed E-state index contributed by atoms with van der Waals surface area (Å²) in [5.74, 6) is 0.426. The van der Waals surface area contributed by atoms with Crippen molar-refractivity contribution in [2.75, 3.05) is 6.54 Å². The second-order valence-electron chi connectivity index (χ2n) is 4.07. The average molecular weight is 265 g/mol. The molecule has 0 N–H and O–H groups in total. The number of nitrogens with zero attached hydrogens (tertiary/aromatic N) is 2. The number of rotatable bonds is 1. The van der Waals surface area contributed by atoms with Gasteiger partial charge in [0, 0.05) is 0 Å². The van der Waals surface area contributed by atoms with Crippen LogP contribution in [0.5, 0.6) is 0 Å². The summed E-state index contributed by atoms with van der Waals surface area (Å²) in [5.41, 5.74) is -0.333. The molecule has 0 heterocycles. The normalized spacial score (nSPS) is 14.4. The van der Waals surface area contributed by atoms with Gasteiger partial charge in [-0.05, 0) is 0 Å². The van der Waals surface area contributed by atoms with E-state index < -0.39 is 12.7 Å². The van der Waals surface area contributed by atoms with Gasteiger partial charge in [0.2, 0.25) is 0 Å². The topological polar surface area (TPSA) is 15.6 Å². The number of aliphatic imine (C=N–C) groups is 1. The zero-order valence-corrected chi connectivity index (χ0v) is 11.2. The Kier molecular flexibility index (Phi) is 4.58. The number of halogens is 3. The Hall–Kier alpha value is -0.104. The van der Waals surface area contributed by atoms with Crippen LogP contribution in [0.15, 0.2) is 4.99 Å². The van der Waals surface area contributed by atoms with E-state index in [0.717, 1.165) is 22.4 Å². The Bertz CT molecular complexity index is 218. The fourth-order valence-electron chi connectivity index (χ4n) is 0.857. The molecule has 14 heavy (non-hydrogen) atoms. The Labute approximate surface area is 92.8 Å². The van der Waals surface area contributed by atoms with E-state index in [9.17, 15) is 13.2 Å². The van der Waals surface area contributed by atoms with E-state index in [2.05, 4.69) is 4.99 Å². The van der Waals surface area contributed by atoms with Crippen LogP contribution in [0.3, 0.4) is 0 Å². The summed E-state index contributed by atoms with van der Waals surface area (Å²) in [6, 6.07) is 0. The third-order valence-electron chi connectivity index (χ3n) is 1.26. The van der Waals surface area contributed by atoms with Crippen molar-refractivity contribution in [2.45, 2.75) is 39.4 Å². The first-order valence-corrected chi connectivity index (χ1v) is 5.25. The number of amidine groups is 1. The minimum atomic E-state index is -4.16. The zero-order valence-electron chi connectivity index (χ0n) is 8.81. The standard InChI is InChI=1S/C8H14F3N2.Ga/c1-6(13-7(2,3)4)12-5-8(9,10)11;/h5H2,1-4H3;/q-1;+1. The van der Waals surface area contributed by atoms with Crippen molar-refractivity contribution in [3.8, 4) is 0 Å². The van der Waals surface area contributed by atoms with Gasteiger partial charge in [-0.15, -0.1) is 0 Å². The molecule has 0 saturated carbocycles. The molecule has 0 aromatic rings. The molecule has 0 aromatic carbocycles. The predicted octanol–water partition coefficient (Wildman–Crippen LogP) is 2.15. The molecule has 0 aliphatic rings. The van der Waals surface area contributed by atoms with Crippen molar-refractivity contribution in [3.05, 3.63) is 0 Å². The molecule has 80 valence electrons. The Morgan fingerprint density at radius 2 is 1.71 bits per heavy atom. The van der Waals surface area contributed by atoms with Crippen LogP contribution in [0, 0.1) is 0 Å². The van der Waals surface area contributed by atoms with Gasteiger partial charge in [0.15, 0.2) is 0 Å². The fourth-order valence-corrected chi connectivity index (χ4v) is 1.41. The van der Waals surface area contributed by atoms with Crippen molar-refractivity contribution in [2.24, 2.45) is 4.99 Å². The summed E-state index contributed by atoms with van der Waals surface area (Å²) in [6.45, 7) is 6.22. The van der Waals surface area contributed by atoms with E-state index in [0.29, 0.717) is 5.84 Å². The first-order valence-electron chi connectivity index (χ1n) is 4.17. The second-order valence-corrected chi connectivity index (χ2v) is 5.38.